The van der Waals surface area contributed by atoms with E-state index in [4.69, 9.17) is 0 Å². The molecule has 4 rings (SSSR count). The summed E-state index contributed by atoms with van der Waals surface area (Å²) in [5.74, 6) is -0.823. The van der Waals surface area contributed by atoms with E-state index in [-0.39, 0.29) is 18.9 Å². The third-order valence-corrected chi connectivity index (χ3v) is 8.09. The van der Waals surface area contributed by atoms with Crippen LogP contribution in [0.25, 0.3) is 10.8 Å². The topological polar surface area (TPSA) is 86.8 Å². The van der Waals surface area contributed by atoms with E-state index in [0.29, 0.717) is 11.1 Å². The highest BCUT2D eigenvalue weighted by molar-refractivity contribution is 9.10. The molecule has 0 aliphatic carbocycles. The predicted octanol–water partition coefficient (Wildman–Crippen LogP) is 4.75. The molecule has 0 aliphatic rings. The van der Waals surface area contributed by atoms with E-state index in [9.17, 15) is 18.0 Å². The highest BCUT2D eigenvalue weighted by Crippen LogP contribution is 2.29. The lowest BCUT2D eigenvalue weighted by atomic mass is 10.0. The van der Waals surface area contributed by atoms with E-state index in [1.807, 2.05) is 84.9 Å². The Hall–Kier alpha value is -3.69. The number of carbonyl (C=O) groups excluding carboxylic acids is 2. The van der Waals surface area contributed by atoms with Crippen LogP contribution in [0.1, 0.15) is 11.1 Å². The lowest BCUT2D eigenvalue weighted by Crippen LogP contribution is -2.52. The maximum atomic E-state index is 14.1. The van der Waals surface area contributed by atoms with Gasteiger partial charge in [-0.3, -0.25) is 13.9 Å². The number of hydrogen-bond donors (Lipinski definition) is 1. The summed E-state index contributed by atoms with van der Waals surface area (Å²) in [6.45, 7) is -0.334. The summed E-state index contributed by atoms with van der Waals surface area (Å²) >= 11 is 3.47. The van der Waals surface area contributed by atoms with Crippen molar-refractivity contribution in [1.29, 1.82) is 0 Å². The lowest BCUT2D eigenvalue weighted by Gasteiger charge is -2.33. The molecule has 0 aliphatic heterocycles. The zero-order valence-corrected chi connectivity index (χ0v) is 24.2. The zero-order valence-electron chi connectivity index (χ0n) is 21.7. The third kappa shape index (κ3) is 7.04. The molecule has 39 heavy (non-hydrogen) atoms. The number of rotatable bonds is 10. The molecule has 0 bridgehead atoms. The molecule has 2 amide bonds. The highest BCUT2D eigenvalue weighted by Gasteiger charge is 2.33. The van der Waals surface area contributed by atoms with Gasteiger partial charge in [0, 0.05) is 29.9 Å². The Bertz CT molecular complexity index is 1570. The Kier molecular flexibility index (Phi) is 9.04. The summed E-state index contributed by atoms with van der Waals surface area (Å²) in [4.78, 5) is 28.7. The second-order valence-corrected chi connectivity index (χ2v) is 12.1. The van der Waals surface area contributed by atoms with Crippen LogP contribution in [0.4, 0.5) is 5.69 Å². The molecular formula is C30H30BrN3O4S. The molecule has 1 atom stereocenters. The molecule has 4 aromatic carbocycles. The summed E-state index contributed by atoms with van der Waals surface area (Å²) < 4.78 is 28.1. The number of sulfonamides is 1. The lowest BCUT2D eigenvalue weighted by molar-refractivity contribution is -0.139. The molecular weight excluding hydrogens is 578 g/mol. The van der Waals surface area contributed by atoms with Crippen molar-refractivity contribution in [2.24, 2.45) is 0 Å². The number of benzene rings is 4. The van der Waals surface area contributed by atoms with E-state index in [1.165, 1.54) is 11.9 Å². The molecule has 0 heterocycles. The van der Waals surface area contributed by atoms with Crippen molar-refractivity contribution in [2.75, 3.05) is 24.2 Å². The number of carbonyl (C=O) groups is 2. The highest BCUT2D eigenvalue weighted by atomic mass is 79.9. The Morgan fingerprint density at radius 3 is 2.21 bits per heavy atom. The Labute approximate surface area is 237 Å². The first kappa shape index (κ1) is 28.3. The zero-order chi connectivity index (χ0) is 28.0. The second kappa shape index (κ2) is 12.4. The Balaban J connectivity index is 1.77. The van der Waals surface area contributed by atoms with Gasteiger partial charge in [0.05, 0.1) is 11.9 Å². The minimum absolute atomic E-state index is 0.121. The van der Waals surface area contributed by atoms with Crippen molar-refractivity contribution in [3.05, 3.63) is 113 Å². The minimum atomic E-state index is -3.85. The van der Waals surface area contributed by atoms with Crippen LogP contribution in [0.2, 0.25) is 0 Å². The number of fused-ring (bicyclic) bond motifs is 1. The summed E-state index contributed by atoms with van der Waals surface area (Å²) in [7, 11) is -2.32. The van der Waals surface area contributed by atoms with E-state index in [1.54, 1.807) is 12.1 Å². The Morgan fingerprint density at radius 1 is 0.872 bits per heavy atom. The van der Waals surface area contributed by atoms with Crippen LogP contribution in [-0.2, 0) is 32.6 Å². The van der Waals surface area contributed by atoms with E-state index in [0.717, 1.165) is 31.5 Å². The predicted molar refractivity (Wildman–Crippen MR) is 159 cm³/mol. The minimum Gasteiger partial charge on any atom is -0.357 e. The van der Waals surface area contributed by atoms with Crippen LogP contribution >= 0.6 is 15.9 Å². The first-order valence-corrected chi connectivity index (χ1v) is 15.1. The number of amides is 2. The fourth-order valence-corrected chi connectivity index (χ4v) is 5.88. The fraction of sp³-hybridized carbons (Fsp3) is 0.200. The van der Waals surface area contributed by atoms with Crippen LogP contribution in [0.15, 0.2) is 102 Å². The number of hydrogen-bond acceptors (Lipinski definition) is 4. The van der Waals surface area contributed by atoms with Crippen LogP contribution in [-0.4, -0.2) is 51.0 Å². The van der Waals surface area contributed by atoms with Gasteiger partial charge in [-0.2, -0.15) is 0 Å². The van der Waals surface area contributed by atoms with Gasteiger partial charge < -0.3 is 10.2 Å². The number of nitrogens with zero attached hydrogens (tertiary/aromatic N) is 2. The van der Waals surface area contributed by atoms with Crippen LogP contribution < -0.4 is 9.62 Å². The number of halogens is 1. The normalized spacial score (nSPS) is 12.1. The van der Waals surface area contributed by atoms with Gasteiger partial charge >= 0.3 is 0 Å². The molecule has 1 N–H and O–H groups in total. The van der Waals surface area contributed by atoms with Crippen LogP contribution in [0.5, 0.6) is 0 Å². The van der Waals surface area contributed by atoms with Crippen LogP contribution in [0, 0.1) is 0 Å². The van der Waals surface area contributed by atoms with Crippen molar-refractivity contribution in [2.45, 2.75) is 19.0 Å². The van der Waals surface area contributed by atoms with Gasteiger partial charge in [0.1, 0.15) is 12.6 Å². The van der Waals surface area contributed by atoms with Crippen molar-refractivity contribution < 1.29 is 18.0 Å². The average molecular weight is 609 g/mol. The summed E-state index contributed by atoms with van der Waals surface area (Å²) in [5, 5.41) is 4.25. The monoisotopic (exact) mass is 607 g/mol. The average Bonchev–Trinajstić information content (AvgIpc) is 2.93. The fourth-order valence-electron chi connectivity index (χ4n) is 4.57. The number of nitrogens with one attached hydrogen (secondary N) is 1. The van der Waals surface area contributed by atoms with Gasteiger partial charge in [0.2, 0.25) is 21.8 Å². The summed E-state index contributed by atoms with van der Waals surface area (Å²) in [6.07, 6.45) is 1.36. The molecule has 7 nitrogen and oxygen atoms in total. The van der Waals surface area contributed by atoms with Gasteiger partial charge in [-0.25, -0.2) is 8.42 Å². The van der Waals surface area contributed by atoms with Gasteiger partial charge in [-0.05, 0) is 34.7 Å². The van der Waals surface area contributed by atoms with Crippen molar-refractivity contribution in [3.63, 3.8) is 0 Å². The quantitative estimate of drug-likeness (QED) is 0.282. The maximum Gasteiger partial charge on any atom is 0.244 e. The van der Waals surface area contributed by atoms with Gasteiger partial charge in [-0.15, -0.1) is 0 Å². The van der Waals surface area contributed by atoms with Crippen molar-refractivity contribution in [3.8, 4) is 0 Å². The molecule has 202 valence electrons. The summed E-state index contributed by atoms with van der Waals surface area (Å²) in [5.41, 5.74) is 2.09. The molecule has 0 saturated heterocycles. The van der Waals surface area contributed by atoms with Gasteiger partial charge in [-0.1, -0.05) is 94.8 Å². The van der Waals surface area contributed by atoms with Crippen molar-refractivity contribution >= 4 is 54.2 Å². The SMILES string of the molecule is CNC(=O)[C@H](Cc1ccccc1)N(Cc1cccc(Br)c1)C(=O)CN(c1cccc2ccccc12)S(C)(=O)=O. The van der Waals surface area contributed by atoms with E-state index in [2.05, 4.69) is 21.2 Å². The van der Waals surface area contributed by atoms with E-state index < -0.39 is 28.5 Å². The second-order valence-electron chi connectivity index (χ2n) is 9.24. The molecule has 4 aromatic rings. The molecule has 0 spiro atoms. The van der Waals surface area contributed by atoms with Gasteiger partial charge in [0.15, 0.2) is 0 Å². The Morgan fingerprint density at radius 2 is 1.51 bits per heavy atom. The molecule has 0 fully saturated rings. The standard InChI is InChI=1S/C30H30BrN3O4S/c1-32-30(36)28(19-22-10-4-3-5-11-22)33(20-23-12-8-15-25(31)18-23)29(35)21-34(39(2,37)38)27-17-9-14-24-13-6-7-16-26(24)27/h3-18,28H,19-21H2,1-2H3,(H,32,36)/t28-/m0/s1. The van der Waals surface area contributed by atoms with E-state index >= 15 is 0 Å². The smallest absolute Gasteiger partial charge is 0.244 e. The molecule has 9 heteroatoms. The maximum absolute atomic E-state index is 14.1. The first-order valence-electron chi connectivity index (χ1n) is 12.4. The summed E-state index contributed by atoms with van der Waals surface area (Å²) in [6, 6.07) is 28.8. The molecule has 0 saturated carbocycles. The first-order chi connectivity index (χ1) is 18.7. The largest absolute Gasteiger partial charge is 0.357 e. The molecule has 0 aromatic heterocycles. The number of likely N-dealkylation sites (N-methyl/N-ethyl adjacent to an activating group) is 1. The third-order valence-electron chi connectivity index (χ3n) is 6.47. The van der Waals surface area contributed by atoms with Crippen molar-refractivity contribution in [1.82, 2.24) is 10.2 Å². The van der Waals surface area contributed by atoms with Gasteiger partial charge in [0.25, 0.3) is 0 Å². The molecule has 0 unspecified atom stereocenters. The van der Waals surface area contributed by atoms with Crippen LogP contribution in [0.3, 0.4) is 0 Å². The number of anilines is 1. The molecule has 0 radical (unpaired) electrons.